The Morgan fingerprint density at radius 1 is 1.41 bits per heavy atom. The molecule has 8 heteroatoms. The Kier molecular flexibility index (Phi) is 7.09. The maximum absolute atomic E-state index is 11.5. The van der Waals surface area contributed by atoms with E-state index in [-0.39, 0.29) is 18.6 Å². The summed E-state index contributed by atoms with van der Waals surface area (Å²) in [6.45, 7) is 5.80. The molecule has 1 atom stereocenters. The number of hydrogen-bond acceptors (Lipinski definition) is 5. The van der Waals surface area contributed by atoms with Crippen molar-refractivity contribution in [2.75, 3.05) is 13.2 Å². The van der Waals surface area contributed by atoms with Crippen LogP contribution in [0, 0.1) is 5.92 Å². The van der Waals surface area contributed by atoms with Crippen LogP contribution >= 0.6 is 0 Å². The van der Waals surface area contributed by atoms with Gasteiger partial charge in [0, 0.05) is 6.04 Å². The third-order valence-corrected chi connectivity index (χ3v) is 3.13. The maximum Gasteiger partial charge on any atom is 0.421 e. The first-order valence-electron chi connectivity index (χ1n) is 5.49. The Hall–Kier alpha value is -0.860. The molecule has 0 aliphatic carbocycles. The number of rotatable bonds is 7. The zero-order chi connectivity index (χ0) is 13.5. The minimum Gasteiger partial charge on any atom is -0.449 e. The molecule has 0 aliphatic rings. The van der Waals surface area contributed by atoms with Crippen LogP contribution in [0.4, 0.5) is 4.79 Å². The summed E-state index contributed by atoms with van der Waals surface area (Å²) in [6, 6.07) is -0.313. The fourth-order valence-electron chi connectivity index (χ4n) is 1.21. The van der Waals surface area contributed by atoms with Gasteiger partial charge in [0.05, 0.1) is 6.61 Å². The molecule has 1 unspecified atom stereocenters. The second kappa shape index (κ2) is 7.46. The number of amides is 1. The number of nitrogens with one attached hydrogen (secondary N) is 2. The summed E-state index contributed by atoms with van der Waals surface area (Å²) in [7, 11) is -3.90. The molecule has 1 amide bonds. The van der Waals surface area contributed by atoms with E-state index in [2.05, 4.69) is 9.46 Å². The summed E-state index contributed by atoms with van der Waals surface area (Å²) in [5.74, 6) is 0.0809. The molecule has 0 aliphatic heterocycles. The van der Waals surface area contributed by atoms with Crippen LogP contribution in [-0.4, -0.2) is 33.7 Å². The fraction of sp³-hybridized carbons (Fsp3) is 0.889. The van der Waals surface area contributed by atoms with Crippen molar-refractivity contribution in [3.63, 3.8) is 0 Å². The molecule has 0 saturated heterocycles. The highest BCUT2D eigenvalue weighted by molar-refractivity contribution is 7.88. The van der Waals surface area contributed by atoms with Crippen molar-refractivity contribution in [2.24, 2.45) is 11.7 Å². The Labute approximate surface area is 102 Å². The van der Waals surface area contributed by atoms with Gasteiger partial charge in [-0.2, -0.15) is 13.1 Å². The highest BCUT2D eigenvalue weighted by Gasteiger charge is 2.22. The van der Waals surface area contributed by atoms with Gasteiger partial charge in [-0.15, -0.1) is 0 Å². The predicted molar refractivity (Wildman–Crippen MR) is 64.5 cm³/mol. The Morgan fingerprint density at radius 3 is 2.41 bits per heavy atom. The lowest BCUT2D eigenvalue weighted by atomic mass is 10.0. The molecule has 0 spiro atoms. The number of carbonyl (C=O) groups excluding carboxylic acids is 1. The van der Waals surface area contributed by atoms with Crippen molar-refractivity contribution >= 4 is 16.3 Å². The van der Waals surface area contributed by atoms with Gasteiger partial charge in [-0.25, -0.2) is 9.52 Å². The van der Waals surface area contributed by atoms with Gasteiger partial charge in [0.1, 0.15) is 0 Å². The average molecular weight is 267 g/mol. The third-order valence-electron chi connectivity index (χ3n) is 2.08. The van der Waals surface area contributed by atoms with Crippen molar-refractivity contribution in [1.29, 1.82) is 0 Å². The van der Waals surface area contributed by atoms with E-state index in [1.807, 2.05) is 13.8 Å². The lowest BCUT2D eigenvalue weighted by Gasteiger charge is -2.21. The van der Waals surface area contributed by atoms with Crippen LogP contribution < -0.4 is 15.2 Å². The average Bonchev–Trinajstić information content (AvgIpc) is 2.15. The number of hydrogen-bond donors (Lipinski definition) is 3. The van der Waals surface area contributed by atoms with Crippen molar-refractivity contribution in [3.05, 3.63) is 0 Å². The standard InChI is InChI=1S/C9H21N3O4S/c1-4-16-9(13)12-17(14,15)11-8(5-6-10)7(2)3/h7-8,11H,4-6,10H2,1-3H3,(H,12,13). The first kappa shape index (κ1) is 16.1. The first-order chi connectivity index (χ1) is 7.82. The van der Waals surface area contributed by atoms with E-state index in [1.165, 1.54) is 0 Å². The van der Waals surface area contributed by atoms with E-state index >= 15 is 0 Å². The van der Waals surface area contributed by atoms with Gasteiger partial charge in [0.25, 0.3) is 0 Å². The van der Waals surface area contributed by atoms with Crippen molar-refractivity contribution in [2.45, 2.75) is 33.2 Å². The monoisotopic (exact) mass is 267 g/mol. The van der Waals surface area contributed by atoms with Gasteiger partial charge in [-0.3, -0.25) is 0 Å². The molecule has 0 bridgehead atoms. The minimum atomic E-state index is -3.90. The van der Waals surface area contributed by atoms with Crippen LogP contribution in [0.15, 0.2) is 0 Å². The molecule has 7 nitrogen and oxygen atoms in total. The van der Waals surface area contributed by atoms with Crippen LogP contribution in [-0.2, 0) is 14.9 Å². The zero-order valence-electron chi connectivity index (χ0n) is 10.4. The van der Waals surface area contributed by atoms with E-state index < -0.39 is 16.3 Å². The first-order valence-corrected chi connectivity index (χ1v) is 6.97. The highest BCUT2D eigenvalue weighted by atomic mass is 32.2. The molecule has 0 radical (unpaired) electrons. The van der Waals surface area contributed by atoms with Crippen LogP contribution in [0.2, 0.25) is 0 Å². The number of nitrogens with two attached hydrogens (primary N) is 1. The molecular formula is C9H21N3O4S. The topological polar surface area (TPSA) is 111 Å². The van der Waals surface area contributed by atoms with Gasteiger partial charge < -0.3 is 10.5 Å². The Balaban J connectivity index is 4.45. The Bertz CT molecular complexity index is 329. The van der Waals surface area contributed by atoms with E-state index in [0.29, 0.717) is 13.0 Å². The maximum atomic E-state index is 11.5. The van der Waals surface area contributed by atoms with Crippen LogP contribution in [0.5, 0.6) is 0 Å². The van der Waals surface area contributed by atoms with Crippen LogP contribution in [0.3, 0.4) is 0 Å². The van der Waals surface area contributed by atoms with E-state index in [1.54, 1.807) is 11.6 Å². The molecule has 17 heavy (non-hydrogen) atoms. The summed E-state index contributed by atoms with van der Waals surface area (Å²) in [6.07, 6.45) is -0.489. The van der Waals surface area contributed by atoms with Gasteiger partial charge in [-0.1, -0.05) is 13.8 Å². The van der Waals surface area contributed by atoms with Crippen LogP contribution in [0.1, 0.15) is 27.2 Å². The molecule has 4 N–H and O–H groups in total. The van der Waals surface area contributed by atoms with Gasteiger partial charge in [0.2, 0.25) is 0 Å². The molecule has 0 heterocycles. The van der Waals surface area contributed by atoms with Crippen molar-refractivity contribution < 1.29 is 17.9 Å². The molecule has 0 aromatic carbocycles. The molecular weight excluding hydrogens is 246 g/mol. The van der Waals surface area contributed by atoms with E-state index in [4.69, 9.17) is 5.73 Å². The van der Waals surface area contributed by atoms with Gasteiger partial charge in [0.15, 0.2) is 0 Å². The van der Waals surface area contributed by atoms with Crippen LogP contribution in [0.25, 0.3) is 0 Å². The number of carbonyl (C=O) groups is 1. The molecule has 0 aromatic heterocycles. The normalized spacial score (nSPS) is 13.5. The van der Waals surface area contributed by atoms with E-state index in [9.17, 15) is 13.2 Å². The summed E-state index contributed by atoms with van der Waals surface area (Å²) in [5.41, 5.74) is 5.39. The van der Waals surface area contributed by atoms with Crippen molar-refractivity contribution in [1.82, 2.24) is 9.44 Å². The van der Waals surface area contributed by atoms with Gasteiger partial charge >= 0.3 is 16.3 Å². The molecule has 0 fully saturated rings. The summed E-state index contributed by atoms with van der Waals surface area (Å²) in [5, 5.41) is 0. The minimum absolute atomic E-state index is 0.0809. The SMILES string of the molecule is CCOC(=O)NS(=O)(=O)NC(CCN)C(C)C. The molecule has 0 saturated carbocycles. The zero-order valence-corrected chi connectivity index (χ0v) is 11.2. The largest absolute Gasteiger partial charge is 0.449 e. The molecule has 102 valence electrons. The van der Waals surface area contributed by atoms with E-state index in [0.717, 1.165) is 0 Å². The molecule has 0 aromatic rings. The van der Waals surface area contributed by atoms with Gasteiger partial charge in [-0.05, 0) is 25.8 Å². The highest BCUT2D eigenvalue weighted by Crippen LogP contribution is 2.06. The third kappa shape index (κ3) is 7.14. The number of ether oxygens (including phenoxy) is 1. The predicted octanol–water partition coefficient (Wildman–Crippen LogP) is -0.0597. The molecule has 0 rings (SSSR count). The van der Waals surface area contributed by atoms with Crippen molar-refractivity contribution in [3.8, 4) is 0 Å². The summed E-state index contributed by atoms with van der Waals surface area (Å²) in [4.78, 5) is 11.0. The second-order valence-corrected chi connectivity index (χ2v) is 5.32. The lowest BCUT2D eigenvalue weighted by molar-refractivity contribution is 0.158. The quantitative estimate of drug-likeness (QED) is 0.598. The second-order valence-electron chi connectivity index (χ2n) is 3.87. The lowest BCUT2D eigenvalue weighted by Crippen LogP contribution is -2.47. The summed E-state index contributed by atoms with van der Waals surface area (Å²) < 4.78 is 31.7. The summed E-state index contributed by atoms with van der Waals surface area (Å²) >= 11 is 0. The Morgan fingerprint density at radius 2 is 2.00 bits per heavy atom. The fourth-order valence-corrected chi connectivity index (χ4v) is 2.33. The smallest absolute Gasteiger partial charge is 0.421 e.